The summed E-state index contributed by atoms with van der Waals surface area (Å²) in [5, 5.41) is 3.29. The molecule has 1 N–H and O–H groups in total. The summed E-state index contributed by atoms with van der Waals surface area (Å²) < 4.78 is 37.8. The molecule has 0 radical (unpaired) electrons. The molecule has 108 valence electrons. The quantitative estimate of drug-likeness (QED) is 0.756. The maximum atomic E-state index is 12.6. The van der Waals surface area contributed by atoms with Crippen LogP contribution in [-0.4, -0.2) is 11.4 Å². The largest absolute Gasteiger partial charge is 0.416 e. The van der Waals surface area contributed by atoms with Gasteiger partial charge in [-0.05, 0) is 31.4 Å². The van der Waals surface area contributed by atoms with E-state index in [9.17, 15) is 13.2 Å². The Morgan fingerprint density at radius 1 is 1.26 bits per heavy atom. The molecule has 0 aromatic heterocycles. The van der Waals surface area contributed by atoms with Crippen molar-refractivity contribution in [1.82, 2.24) is 5.32 Å². The van der Waals surface area contributed by atoms with Crippen molar-refractivity contribution in [3.63, 3.8) is 0 Å². The monoisotopic (exact) mass is 293 g/mol. The minimum absolute atomic E-state index is 0.143. The second kappa shape index (κ2) is 6.62. The molecule has 1 unspecified atom stereocenters. The van der Waals surface area contributed by atoms with Crippen LogP contribution in [0.1, 0.15) is 37.8 Å². The van der Waals surface area contributed by atoms with Gasteiger partial charge < -0.3 is 5.32 Å². The van der Waals surface area contributed by atoms with Gasteiger partial charge in [0.25, 0.3) is 0 Å². The van der Waals surface area contributed by atoms with E-state index in [4.69, 9.17) is 11.6 Å². The molecule has 19 heavy (non-hydrogen) atoms. The predicted octanol–water partition coefficient (Wildman–Crippen LogP) is 4.59. The summed E-state index contributed by atoms with van der Waals surface area (Å²) in [6, 6.07) is 5.40. The summed E-state index contributed by atoms with van der Waals surface area (Å²) in [7, 11) is 0. The molecule has 0 amide bonds. The van der Waals surface area contributed by atoms with E-state index in [2.05, 4.69) is 5.32 Å². The molecule has 1 rings (SSSR count). The van der Waals surface area contributed by atoms with Crippen LogP contribution in [0.3, 0.4) is 0 Å². The van der Waals surface area contributed by atoms with Gasteiger partial charge in [0.15, 0.2) is 0 Å². The summed E-state index contributed by atoms with van der Waals surface area (Å²) in [5.41, 5.74) is -0.123. The number of alkyl halides is 4. The number of nitrogens with one attached hydrogen (secondary N) is 1. The van der Waals surface area contributed by atoms with Crippen molar-refractivity contribution in [3.05, 3.63) is 35.4 Å². The van der Waals surface area contributed by atoms with Crippen LogP contribution in [0.15, 0.2) is 24.3 Å². The SMILES string of the molecule is CCC(C)(CCCl)NCc1cccc(C(F)(F)F)c1. The van der Waals surface area contributed by atoms with Crippen molar-refractivity contribution < 1.29 is 13.2 Å². The molecule has 0 saturated heterocycles. The first-order valence-electron chi connectivity index (χ1n) is 6.28. The molecule has 1 aromatic carbocycles. The summed E-state index contributed by atoms with van der Waals surface area (Å²) >= 11 is 5.74. The third-order valence-corrected chi connectivity index (χ3v) is 3.59. The maximum absolute atomic E-state index is 12.6. The number of benzene rings is 1. The van der Waals surface area contributed by atoms with Gasteiger partial charge in [0.05, 0.1) is 5.56 Å². The Morgan fingerprint density at radius 2 is 1.95 bits per heavy atom. The lowest BCUT2D eigenvalue weighted by atomic mass is 9.95. The summed E-state index contributed by atoms with van der Waals surface area (Å²) in [4.78, 5) is 0. The predicted molar refractivity (Wildman–Crippen MR) is 72.3 cm³/mol. The van der Waals surface area contributed by atoms with E-state index in [0.29, 0.717) is 18.0 Å². The molecular weight excluding hydrogens is 275 g/mol. The van der Waals surface area contributed by atoms with Gasteiger partial charge in [0.1, 0.15) is 0 Å². The zero-order valence-corrected chi connectivity index (χ0v) is 11.9. The second-order valence-electron chi connectivity index (χ2n) is 4.90. The van der Waals surface area contributed by atoms with Gasteiger partial charge in [-0.25, -0.2) is 0 Å². The van der Waals surface area contributed by atoms with Crippen LogP contribution >= 0.6 is 11.6 Å². The van der Waals surface area contributed by atoms with Crippen LogP contribution in [0.25, 0.3) is 0 Å². The molecule has 0 bridgehead atoms. The first kappa shape index (κ1) is 16.3. The molecule has 1 aromatic rings. The third-order valence-electron chi connectivity index (χ3n) is 3.40. The van der Waals surface area contributed by atoms with Gasteiger partial charge in [0.2, 0.25) is 0 Å². The lowest BCUT2D eigenvalue weighted by molar-refractivity contribution is -0.137. The van der Waals surface area contributed by atoms with E-state index in [1.165, 1.54) is 12.1 Å². The zero-order valence-electron chi connectivity index (χ0n) is 11.1. The van der Waals surface area contributed by atoms with Crippen molar-refractivity contribution in [2.75, 3.05) is 5.88 Å². The van der Waals surface area contributed by atoms with Crippen molar-refractivity contribution >= 4 is 11.6 Å². The van der Waals surface area contributed by atoms with E-state index in [-0.39, 0.29) is 5.54 Å². The average Bonchev–Trinajstić information content (AvgIpc) is 2.36. The lowest BCUT2D eigenvalue weighted by Gasteiger charge is -2.29. The zero-order chi connectivity index (χ0) is 14.5. The Kier molecular flexibility index (Phi) is 5.68. The van der Waals surface area contributed by atoms with E-state index in [1.807, 2.05) is 13.8 Å². The third kappa shape index (κ3) is 5.03. The average molecular weight is 294 g/mol. The van der Waals surface area contributed by atoms with Crippen LogP contribution in [0, 0.1) is 0 Å². The number of hydrogen-bond donors (Lipinski definition) is 1. The highest BCUT2D eigenvalue weighted by atomic mass is 35.5. The molecule has 1 nitrogen and oxygen atoms in total. The molecule has 0 aliphatic heterocycles. The summed E-state index contributed by atoms with van der Waals surface area (Å²) in [5.74, 6) is 0.528. The maximum Gasteiger partial charge on any atom is 0.416 e. The van der Waals surface area contributed by atoms with Crippen LogP contribution < -0.4 is 5.32 Å². The number of hydrogen-bond acceptors (Lipinski definition) is 1. The van der Waals surface area contributed by atoms with E-state index in [0.717, 1.165) is 18.9 Å². The smallest absolute Gasteiger partial charge is 0.307 e. The molecule has 0 aliphatic rings. The van der Waals surface area contributed by atoms with E-state index in [1.54, 1.807) is 6.07 Å². The van der Waals surface area contributed by atoms with Crippen LogP contribution in [0.5, 0.6) is 0 Å². The molecular formula is C14H19ClF3N. The number of halogens is 4. The van der Waals surface area contributed by atoms with Crippen molar-refractivity contribution in [1.29, 1.82) is 0 Å². The van der Waals surface area contributed by atoms with Gasteiger partial charge in [-0.15, -0.1) is 11.6 Å². The van der Waals surface area contributed by atoms with Gasteiger partial charge in [-0.2, -0.15) is 13.2 Å². The molecule has 0 aliphatic carbocycles. The topological polar surface area (TPSA) is 12.0 Å². The molecule has 0 fully saturated rings. The molecule has 0 heterocycles. The molecule has 1 atom stereocenters. The Labute approximate surface area is 117 Å². The summed E-state index contributed by atoms with van der Waals surface area (Å²) in [6.45, 7) is 4.47. The normalized spacial score (nSPS) is 15.3. The Balaban J connectivity index is 2.73. The lowest BCUT2D eigenvalue weighted by Crippen LogP contribution is -2.41. The van der Waals surface area contributed by atoms with Gasteiger partial charge in [-0.3, -0.25) is 0 Å². The fourth-order valence-corrected chi connectivity index (χ4v) is 2.19. The Morgan fingerprint density at radius 3 is 2.47 bits per heavy atom. The number of rotatable bonds is 6. The molecule has 0 saturated carbocycles. The first-order valence-corrected chi connectivity index (χ1v) is 6.81. The highest BCUT2D eigenvalue weighted by Gasteiger charge is 2.30. The second-order valence-corrected chi connectivity index (χ2v) is 5.28. The fraction of sp³-hybridized carbons (Fsp3) is 0.571. The minimum Gasteiger partial charge on any atom is -0.307 e. The Hall–Kier alpha value is -0.740. The van der Waals surface area contributed by atoms with Crippen molar-refractivity contribution in [3.8, 4) is 0 Å². The van der Waals surface area contributed by atoms with Gasteiger partial charge in [0, 0.05) is 18.0 Å². The van der Waals surface area contributed by atoms with Crippen LogP contribution in [0.4, 0.5) is 13.2 Å². The van der Waals surface area contributed by atoms with E-state index >= 15 is 0 Å². The molecule has 5 heteroatoms. The minimum atomic E-state index is -4.29. The van der Waals surface area contributed by atoms with Crippen molar-refractivity contribution in [2.24, 2.45) is 0 Å². The summed E-state index contributed by atoms with van der Waals surface area (Å²) in [6.07, 6.45) is -2.64. The van der Waals surface area contributed by atoms with E-state index < -0.39 is 11.7 Å². The highest BCUT2D eigenvalue weighted by molar-refractivity contribution is 6.17. The first-order chi connectivity index (χ1) is 8.80. The fourth-order valence-electron chi connectivity index (χ4n) is 1.77. The molecule has 0 spiro atoms. The van der Waals surface area contributed by atoms with Crippen LogP contribution in [-0.2, 0) is 12.7 Å². The van der Waals surface area contributed by atoms with Gasteiger partial charge in [-0.1, -0.05) is 25.1 Å². The standard InChI is InChI=1S/C14H19ClF3N/c1-3-13(2,7-8-15)19-10-11-5-4-6-12(9-11)14(16,17)18/h4-6,9,19H,3,7-8,10H2,1-2H3. The Bertz CT molecular complexity index is 406. The van der Waals surface area contributed by atoms with Crippen molar-refractivity contribution in [2.45, 2.75) is 44.9 Å². The van der Waals surface area contributed by atoms with Crippen LogP contribution in [0.2, 0.25) is 0 Å². The van der Waals surface area contributed by atoms with Gasteiger partial charge >= 0.3 is 6.18 Å². The highest BCUT2D eigenvalue weighted by Crippen LogP contribution is 2.29.